The summed E-state index contributed by atoms with van der Waals surface area (Å²) in [5.74, 6) is 1.80. The van der Waals surface area contributed by atoms with E-state index in [1.807, 2.05) is 30.3 Å². The van der Waals surface area contributed by atoms with Crippen LogP contribution in [0.15, 0.2) is 78.9 Å². The third-order valence-corrected chi connectivity index (χ3v) is 3.79. The molecule has 0 fully saturated rings. The molecule has 0 heterocycles. The minimum absolute atomic E-state index is 0.887. The summed E-state index contributed by atoms with van der Waals surface area (Å²) >= 11 is 0. The fraction of sp³-hybridized carbons (Fsp3) is 0.143. The molecule has 1 heteroatoms. The molecular weight excluding hydrogens is 268 g/mol. The summed E-state index contributed by atoms with van der Waals surface area (Å²) in [6.07, 6.45) is 2.12. The SMILES string of the molecule is Cc1ccccc1Oc1ccc(CCc2ccccc2)cc1. The highest BCUT2D eigenvalue weighted by Gasteiger charge is 2.01. The Morgan fingerprint density at radius 1 is 0.636 bits per heavy atom. The molecule has 0 unspecified atom stereocenters. The highest BCUT2D eigenvalue weighted by atomic mass is 16.5. The third-order valence-electron chi connectivity index (χ3n) is 3.79. The molecule has 0 N–H and O–H groups in total. The molecule has 3 aromatic rings. The summed E-state index contributed by atoms with van der Waals surface area (Å²) < 4.78 is 5.93. The van der Waals surface area contributed by atoms with Crippen LogP contribution in [0.4, 0.5) is 0 Å². The Labute approximate surface area is 132 Å². The highest BCUT2D eigenvalue weighted by molar-refractivity contribution is 5.37. The van der Waals surface area contributed by atoms with E-state index in [1.54, 1.807) is 0 Å². The van der Waals surface area contributed by atoms with Gasteiger partial charge in [0.2, 0.25) is 0 Å². The van der Waals surface area contributed by atoms with Crippen molar-refractivity contribution in [1.82, 2.24) is 0 Å². The Hall–Kier alpha value is -2.54. The fourth-order valence-electron chi connectivity index (χ4n) is 2.46. The maximum absolute atomic E-state index is 5.93. The maximum Gasteiger partial charge on any atom is 0.130 e. The molecule has 0 aliphatic carbocycles. The Bertz CT molecular complexity index is 714. The van der Waals surface area contributed by atoms with Gasteiger partial charge in [-0.3, -0.25) is 0 Å². The van der Waals surface area contributed by atoms with Gasteiger partial charge in [0, 0.05) is 0 Å². The van der Waals surface area contributed by atoms with Crippen LogP contribution >= 0.6 is 0 Å². The van der Waals surface area contributed by atoms with Gasteiger partial charge in [0.1, 0.15) is 11.5 Å². The van der Waals surface area contributed by atoms with Crippen LogP contribution in [0, 0.1) is 6.92 Å². The summed E-state index contributed by atoms with van der Waals surface area (Å²) in [7, 11) is 0. The Balaban J connectivity index is 1.62. The number of aryl methyl sites for hydroxylation is 3. The van der Waals surface area contributed by atoms with Gasteiger partial charge >= 0.3 is 0 Å². The average Bonchev–Trinajstić information content (AvgIpc) is 2.57. The van der Waals surface area contributed by atoms with Crippen LogP contribution < -0.4 is 4.74 Å². The van der Waals surface area contributed by atoms with Gasteiger partial charge in [-0.25, -0.2) is 0 Å². The molecular formula is C21H20O. The topological polar surface area (TPSA) is 9.23 Å². The normalized spacial score (nSPS) is 10.4. The van der Waals surface area contributed by atoms with Crippen molar-refractivity contribution >= 4 is 0 Å². The zero-order valence-electron chi connectivity index (χ0n) is 12.8. The number of hydrogen-bond donors (Lipinski definition) is 0. The molecule has 22 heavy (non-hydrogen) atoms. The first-order chi connectivity index (χ1) is 10.8. The van der Waals surface area contributed by atoms with E-state index in [1.165, 1.54) is 11.1 Å². The zero-order valence-corrected chi connectivity index (χ0v) is 12.8. The summed E-state index contributed by atoms with van der Waals surface area (Å²) in [4.78, 5) is 0. The Morgan fingerprint density at radius 3 is 1.91 bits per heavy atom. The van der Waals surface area contributed by atoms with Gasteiger partial charge < -0.3 is 4.74 Å². The molecule has 0 spiro atoms. The van der Waals surface area contributed by atoms with Crippen LogP contribution in [0.5, 0.6) is 11.5 Å². The second kappa shape index (κ2) is 6.95. The highest BCUT2D eigenvalue weighted by Crippen LogP contribution is 2.24. The Morgan fingerprint density at radius 2 is 1.23 bits per heavy atom. The number of hydrogen-bond acceptors (Lipinski definition) is 1. The van der Waals surface area contributed by atoms with Crippen LogP contribution in [-0.4, -0.2) is 0 Å². The van der Waals surface area contributed by atoms with Crippen molar-refractivity contribution in [1.29, 1.82) is 0 Å². The molecule has 3 rings (SSSR count). The van der Waals surface area contributed by atoms with E-state index in [0.717, 1.165) is 29.9 Å². The largest absolute Gasteiger partial charge is 0.457 e. The fourth-order valence-corrected chi connectivity index (χ4v) is 2.46. The lowest BCUT2D eigenvalue weighted by atomic mass is 10.0. The van der Waals surface area contributed by atoms with Gasteiger partial charge in [0.25, 0.3) is 0 Å². The van der Waals surface area contributed by atoms with Gasteiger partial charge in [-0.05, 0) is 54.7 Å². The lowest BCUT2D eigenvalue weighted by Gasteiger charge is -2.09. The van der Waals surface area contributed by atoms with Gasteiger partial charge in [0.05, 0.1) is 0 Å². The van der Waals surface area contributed by atoms with Gasteiger partial charge in [-0.2, -0.15) is 0 Å². The molecule has 0 aliphatic heterocycles. The maximum atomic E-state index is 5.93. The van der Waals surface area contributed by atoms with Crippen molar-refractivity contribution < 1.29 is 4.74 Å². The summed E-state index contributed by atoms with van der Waals surface area (Å²) in [6, 6.07) is 27.1. The number of ether oxygens (including phenoxy) is 1. The molecule has 0 aliphatic rings. The lowest BCUT2D eigenvalue weighted by Crippen LogP contribution is -1.92. The van der Waals surface area contributed by atoms with Gasteiger partial charge in [-0.15, -0.1) is 0 Å². The van der Waals surface area contributed by atoms with Crippen molar-refractivity contribution in [3.05, 3.63) is 95.6 Å². The number of para-hydroxylation sites is 1. The molecule has 110 valence electrons. The van der Waals surface area contributed by atoms with E-state index >= 15 is 0 Å². The first-order valence-corrected chi connectivity index (χ1v) is 7.67. The van der Waals surface area contributed by atoms with E-state index < -0.39 is 0 Å². The predicted molar refractivity (Wildman–Crippen MR) is 91.5 cm³/mol. The predicted octanol–water partition coefficient (Wildman–Crippen LogP) is 5.57. The first-order valence-electron chi connectivity index (χ1n) is 7.67. The molecule has 0 atom stereocenters. The quantitative estimate of drug-likeness (QED) is 0.596. The van der Waals surface area contributed by atoms with Crippen molar-refractivity contribution in [2.24, 2.45) is 0 Å². The van der Waals surface area contributed by atoms with Crippen molar-refractivity contribution in [3.8, 4) is 11.5 Å². The van der Waals surface area contributed by atoms with Gasteiger partial charge in [-0.1, -0.05) is 60.7 Å². The van der Waals surface area contributed by atoms with Crippen LogP contribution in [-0.2, 0) is 12.8 Å². The Kier molecular flexibility index (Phi) is 4.55. The van der Waals surface area contributed by atoms with E-state index in [0.29, 0.717) is 0 Å². The lowest BCUT2D eigenvalue weighted by molar-refractivity contribution is 0.478. The molecule has 1 nitrogen and oxygen atoms in total. The smallest absolute Gasteiger partial charge is 0.130 e. The van der Waals surface area contributed by atoms with E-state index in [4.69, 9.17) is 4.74 Å². The van der Waals surface area contributed by atoms with Crippen molar-refractivity contribution in [2.75, 3.05) is 0 Å². The second-order valence-electron chi connectivity index (χ2n) is 5.50. The molecule has 0 aromatic heterocycles. The molecule has 0 radical (unpaired) electrons. The molecule has 0 saturated carbocycles. The van der Waals surface area contributed by atoms with Crippen molar-refractivity contribution in [3.63, 3.8) is 0 Å². The standard InChI is InChI=1S/C21H20O/c1-17-7-5-6-10-21(17)22-20-15-13-19(14-16-20)12-11-18-8-3-2-4-9-18/h2-10,13-16H,11-12H2,1H3. The minimum Gasteiger partial charge on any atom is -0.457 e. The molecule has 0 saturated heterocycles. The molecule has 0 amide bonds. The molecule has 0 bridgehead atoms. The van der Waals surface area contributed by atoms with E-state index in [9.17, 15) is 0 Å². The zero-order chi connectivity index (χ0) is 15.2. The minimum atomic E-state index is 0.887. The van der Waals surface area contributed by atoms with Crippen molar-refractivity contribution in [2.45, 2.75) is 19.8 Å². The average molecular weight is 288 g/mol. The summed E-state index contributed by atoms with van der Waals surface area (Å²) in [5, 5.41) is 0. The summed E-state index contributed by atoms with van der Waals surface area (Å²) in [6.45, 7) is 2.06. The first kappa shape index (κ1) is 14.4. The van der Waals surface area contributed by atoms with E-state index in [2.05, 4.69) is 55.5 Å². The van der Waals surface area contributed by atoms with Crippen LogP contribution in [0.2, 0.25) is 0 Å². The van der Waals surface area contributed by atoms with Crippen LogP contribution in [0.25, 0.3) is 0 Å². The number of benzene rings is 3. The van der Waals surface area contributed by atoms with Crippen LogP contribution in [0.3, 0.4) is 0 Å². The summed E-state index contributed by atoms with van der Waals surface area (Å²) in [5.41, 5.74) is 3.86. The van der Waals surface area contributed by atoms with Crippen LogP contribution in [0.1, 0.15) is 16.7 Å². The molecule has 3 aromatic carbocycles. The monoisotopic (exact) mass is 288 g/mol. The number of rotatable bonds is 5. The van der Waals surface area contributed by atoms with E-state index in [-0.39, 0.29) is 0 Å². The second-order valence-corrected chi connectivity index (χ2v) is 5.50. The third kappa shape index (κ3) is 3.76. The van der Waals surface area contributed by atoms with Gasteiger partial charge in [0.15, 0.2) is 0 Å².